The summed E-state index contributed by atoms with van der Waals surface area (Å²) in [6.45, 7) is 1.46. The van der Waals surface area contributed by atoms with Crippen molar-refractivity contribution in [2.45, 2.75) is 36.0 Å². The normalized spacial score (nSPS) is 20.6. The fraction of sp³-hybridized carbons (Fsp3) is 0.400. The number of alkyl halides is 3. The van der Waals surface area contributed by atoms with E-state index in [-0.39, 0.29) is 18.5 Å². The number of nitrogens with zero attached hydrogens (tertiary/aromatic N) is 2. The van der Waals surface area contributed by atoms with Crippen LogP contribution < -0.4 is 10.6 Å². The van der Waals surface area contributed by atoms with Crippen molar-refractivity contribution in [1.29, 1.82) is 0 Å². The first-order valence-corrected chi connectivity index (χ1v) is 11.4. The number of piperidine rings is 1. The zero-order chi connectivity index (χ0) is 24.4. The lowest BCUT2D eigenvalue weighted by molar-refractivity contribution is -0.192. The molecule has 0 radical (unpaired) electrons. The zero-order valence-corrected chi connectivity index (χ0v) is 18.9. The molecule has 3 heterocycles. The summed E-state index contributed by atoms with van der Waals surface area (Å²) in [5.74, 6) is -2.95. The van der Waals surface area contributed by atoms with Crippen molar-refractivity contribution in [3.8, 4) is 0 Å². The third-order valence-electron chi connectivity index (χ3n) is 5.25. The van der Waals surface area contributed by atoms with Crippen molar-refractivity contribution in [3.05, 3.63) is 35.0 Å². The lowest BCUT2D eigenvalue weighted by Gasteiger charge is -2.31. The molecule has 4 rings (SSSR count). The Balaban J connectivity index is 0.000000383. The number of hydrogen-bond donors (Lipinski definition) is 3. The summed E-state index contributed by atoms with van der Waals surface area (Å²) in [4.78, 5) is 41.0. The Morgan fingerprint density at radius 2 is 2.03 bits per heavy atom. The lowest BCUT2D eigenvalue weighted by atomic mass is 9.90. The van der Waals surface area contributed by atoms with Crippen LogP contribution in [0.15, 0.2) is 29.2 Å². The van der Waals surface area contributed by atoms with E-state index in [1.54, 1.807) is 11.8 Å². The van der Waals surface area contributed by atoms with E-state index in [9.17, 15) is 22.8 Å². The third-order valence-corrected chi connectivity index (χ3v) is 6.30. The molecule has 2 saturated heterocycles. The van der Waals surface area contributed by atoms with Crippen LogP contribution in [0.3, 0.4) is 0 Å². The molecular weight excluding hydrogens is 485 g/mol. The van der Waals surface area contributed by atoms with Crippen LogP contribution in [0.1, 0.15) is 18.4 Å². The van der Waals surface area contributed by atoms with Crippen molar-refractivity contribution in [2.75, 3.05) is 19.3 Å². The molecule has 1 spiro atoms. The third kappa shape index (κ3) is 5.50. The average Bonchev–Trinajstić information content (AvgIpc) is 2.98. The minimum Gasteiger partial charge on any atom is -0.475 e. The molecule has 3 amide bonds. The van der Waals surface area contributed by atoms with E-state index >= 15 is 0 Å². The summed E-state index contributed by atoms with van der Waals surface area (Å²) in [6, 6.07) is 7.51. The smallest absolute Gasteiger partial charge is 0.475 e. The van der Waals surface area contributed by atoms with Gasteiger partial charge in [-0.05, 0) is 43.8 Å². The molecule has 3 N–H and O–H groups in total. The second kappa shape index (κ2) is 9.74. The summed E-state index contributed by atoms with van der Waals surface area (Å²) in [7, 11) is 0. The summed E-state index contributed by atoms with van der Waals surface area (Å²) < 4.78 is 31.7. The molecule has 1 aromatic carbocycles. The van der Waals surface area contributed by atoms with Gasteiger partial charge in [0.05, 0.1) is 12.1 Å². The van der Waals surface area contributed by atoms with Gasteiger partial charge < -0.3 is 15.7 Å². The molecule has 178 valence electrons. The number of pyridine rings is 1. The first kappa shape index (κ1) is 25.1. The molecule has 2 aliphatic heterocycles. The molecule has 33 heavy (non-hydrogen) atoms. The van der Waals surface area contributed by atoms with Crippen LogP contribution >= 0.6 is 23.4 Å². The van der Waals surface area contributed by atoms with Gasteiger partial charge in [-0.15, -0.1) is 11.8 Å². The Morgan fingerprint density at radius 3 is 2.61 bits per heavy atom. The number of thioether (sulfide) groups is 1. The Bertz CT molecular complexity index is 1090. The SMILES string of the molecule is CSc1ccc2cc(CN3C(=O)NC4(CCCNC4)C3=O)c(Cl)nc2c1.O=C(O)C(F)(F)F. The number of aliphatic carboxylic acids is 1. The zero-order valence-electron chi connectivity index (χ0n) is 17.3. The summed E-state index contributed by atoms with van der Waals surface area (Å²) in [5.41, 5.74) is 0.649. The highest BCUT2D eigenvalue weighted by Gasteiger charge is 2.51. The second-order valence-corrected chi connectivity index (χ2v) is 8.72. The minimum absolute atomic E-state index is 0.123. The van der Waals surface area contributed by atoms with Crippen molar-refractivity contribution >= 4 is 52.2 Å². The van der Waals surface area contributed by atoms with E-state index < -0.39 is 17.7 Å². The van der Waals surface area contributed by atoms with E-state index in [2.05, 4.69) is 15.6 Å². The Kier molecular flexibility index (Phi) is 7.39. The fourth-order valence-corrected chi connectivity index (χ4v) is 4.23. The number of nitrogens with one attached hydrogen (secondary N) is 2. The van der Waals surface area contributed by atoms with Gasteiger partial charge in [0.2, 0.25) is 0 Å². The maximum Gasteiger partial charge on any atom is 0.490 e. The Morgan fingerprint density at radius 1 is 1.33 bits per heavy atom. The van der Waals surface area contributed by atoms with Crippen LogP contribution in [0.4, 0.5) is 18.0 Å². The van der Waals surface area contributed by atoms with E-state index in [4.69, 9.17) is 21.5 Å². The van der Waals surface area contributed by atoms with Crippen LogP contribution in [-0.2, 0) is 16.1 Å². The largest absolute Gasteiger partial charge is 0.490 e. The number of urea groups is 1. The molecule has 2 fully saturated rings. The molecule has 1 aromatic heterocycles. The van der Waals surface area contributed by atoms with Crippen LogP contribution in [0.2, 0.25) is 5.15 Å². The maximum absolute atomic E-state index is 12.9. The number of fused-ring (bicyclic) bond motifs is 1. The molecule has 0 saturated carbocycles. The Hall–Kier alpha value is -2.57. The molecule has 1 atom stereocenters. The number of amides is 3. The number of carboxylic acid groups (broad SMARTS) is 1. The average molecular weight is 505 g/mol. The van der Waals surface area contributed by atoms with Crippen LogP contribution in [-0.4, -0.2) is 64.0 Å². The van der Waals surface area contributed by atoms with Crippen LogP contribution in [0, 0.1) is 0 Å². The van der Waals surface area contributed by atoms with Crippen molar-refractivity contribution in [2.24, 2.45) is 0 Å². The number of hydrogen-bond acceptors (Lipinski definition) is 6. The first-order valence-electron chi connectivity index (χ1n) is 9.75. The van der Waals surface area contributed by atoms with Gasteiger partial charge >= 0.3 is 18.2 Å². The van der Waals surface area contributed by atoms with E-state index in [1.807, 2.05) is 30.5 Å². The predicted molar refractivity (Wildman–Crippen MR) is 116 cm³/mol. The summed E-state index contributed by atoms with van der Waals surface area (Å²) in [6.07, 6.45) is -1.57. The summed E-state index contributed by atoms with van der Waals surface area (Å²) >= 11 is 7.99. The molecule has 1 unspecified atom stereocenters. The van der Waals surface area contributed by atoms with Gasteiger partial charge in [0.1, 0.15) is 10.7 Å². The number of benzene rings is 1. The highest BCUT2D eigenvalue weighted by Crippen LogP contribution is 2.29. The number of carbonyl (C=O) groups is 3. The first-order chi connectivity index (χ1) is 15.5. The molecular formula is C20H20ClF3N4O4S. The fourth-order valence-electron chi connectivity index (χ4n) is 3.59. The molecule has 8 nitrogen and oxygen atoms in total. The molecule has 0 aliphatic carbocycles. The second-order valence-electron chi connectivity index (χ2n) is 7.48. The van der Waals surface area contributed by atoms with Gasteiger partial charge in [-0.25, -0.2) is 14.6 Å². The molecule has 2 aliphatic rings. The van der Waals surface area contributed by atoms with Gasteiger partial charge in [0.25, 0.3) is 5.91 Å². The number of carbonyl (C=O) groups excluding carboxylic acids is 2. The number of halogens is 4. The lowest BCUT2D eigenvalue weighted by Crippen LogP contribution is -2.57. The highest BCUT2D eigenvalue weighted by molar-refractivity contribution is 7.98. The quantitative estimate of drug-likeness (QED) is 0.333. The van der Waals surface area contributed by atoms with E-state index in [0.29, 0.717) is 23.7 Å². The number of imide groups is 1. The molecule has 2 aromatic rings. The standard InChI is InChI=1S/C18H19ClN4O2S.C2HF3O2/c1-26-13-4-3-11-7-12(15(19)21-14(11)8-13)9-23-16(24)18(22-17(23)25)5-2-6-20-10-18;3-2(4,5)1(6)7/h3-4,7-8,20H,2,5-6,9-10H2,1H3,(H,22,25);(H,6,7). The van der Waals surface area contributed by atoms with E-state index in [0.717, 1.165) is 28.8 Å². The molecule has 0 bridgehead atoms. The minimum atomic E-state index is -5.08. The van der Waals surface area contributed by atoms with Crippen molar-refractivity contribution in [3.63, 3.8) is 0 Å². The molecule has 13 heteroatoms. The highest BCUT2D eigenvalue weighted by atomic mass is 35.5. The Labute approximate surface area is 195 Å². The summed E-state index contributed by atoms with van der Waals surface area (Å²) in [5, 5.41) is 14.4. The van der Waals surface area contributed by atoms with Gasteiger partial charge in [-0.2, -0.15) is 13.2 Å². The monoisotopic (exact) mass is 504 g/mol. The van der Waals surface area contributed by atoms with Gasteiger partial charge in [0.15, 0.2) is 0 Å². The van der Waals surface area contributed by atoms with Crippen LogP contribution in [0.5, 0.6) is 0 Å². The van der Waals surface area contributed by atoms with Crippen LogP contribution in [0.25, 0.3) is 10.9 Å². The maximum atomic E-state index is 12.9. The number of rotatable bonds is 3. The van der Waals surface area contributed by atoms with Gasteiger partial charge in [-0.3, -0.25) is 9.69 Å². The topological polar surface area (TPSA) is 112 Å². The van der Waals surface area contributed by atoms with Gasteiger partial charge in [0, 0.05) is 22.4 Å². The van der Waals surface area contributed by atoms with Crippen molar-refractivity contribution in [1.82, 2.24) is 20.5 Å². The number of aromatic nitrogens is 1. The number of carboxylic acids is 1. The van der Waals surface area contributed by atoms with E-state index in [1.165, 1.54) is 4.90 Å². The van der Waals surface area contributed by atoms with Gasteiger partial charge in [-0.1, -0.05) is 17.7 Å². The van der Waals surface area contributed by atoms with Crippen molar-refractivity contribution < 1.29 is 32.7 Å². The predicted octanol–water partition coefficient (Wildman–Crippen LogP) is 3.42.